The van der Waals surface area contributed by atoms with Gasteiger partial charge >= 0.3 is 0 Å². The van der Waals surface area contributed by atoms with E-state index in [1.165, 1.54) is 37.7 Å². The molecule has 1 aromatic carbocycles. The summed E-state index contributed by atoms with van der Waals surface area (Å²) in [5.74, 6) is 0. The van der Waals surface area contributed by atoms with Gasteiger partial charge in [-0.2, -0.15) is 0 Å². The van der Waals surface area contributed by atoms with Gasteiger partial charge in [0.1, 0.15) is 6.79 Å². The molecular formula is C21H34O3. The number of unbranched alkanes of at least 4 members (excludes halogenated alkanes) is 5. The summed E-state index contributed by atoms with van der Waals surface area (Å²) in [6, 6.07) is 10.4. The van der Waals surface area contributed by atoms with E-state index in [0.29, 0.717) is 6.79 Å². The average Bonchev–Trinajstić information content (AvgIpc) is 2.62. The van der Waals surface area contributed by atoms with Crippen LogP contribution in [0.2, 0.25) is 0 Å². The van der Waals surface area contributed by atoms with Crippen molar-refractivity contribution in [2.24, 2.45) is 0 Å². The van der Waals surface area contributed by atoms with Gasteiger partial charge in [-0.05, 0) is 24.8 Å². The van der Waals surface area contributed by atoms with Crippen LogP contribution in [0.5, 0.6) is 0 Å². The third-order valence-corrected chi connectivity index (χ3v) is 4.03. The lowest BCUT2D eigenvalue weighted by Crippen LogP contribution is -2.13. The second-order valence-electron chi connectivity index (χ2n) is 6.17. The highest BCUT2D eigenvalue weighted by Gasteiger charge is 2.06. The van der Waals surface area contributed by atoms with Crippen LogP contribution in [0.25, 0.3) is 0 Å². The van der Waals surface area contributed by atoms with Crippen LogP contribution in [0, 0.1) is 0 Å². The van der Waals surface area contributed by atoms with Crippen molar-refractivity contribution in [1.29, 1.82) is 0 Å². The summed E-state index contributed by atoms with van der Waals surface area (Å²) in [4.78, 5) is 0. The van der Waals surface area contributed by atoms with Crippen molar-refractivity contribution in [3.8, 4) is 0 Å². The van der Waals surface area contributed by atoms with Gasteiger partial charge in [-0.3, -0.25) is 0 Å². The molecule has 0 saturated heterocycles. The molecule has 0 spiro atoms. The van der Waals surface area contributed by atoms with E-state index in [0.717, 1.165) is 32.5 Å². The van der Waals surface area contributed by atoms with Gasteiger partial charge in [0.15, 0.2) is 0 Å². The van der Waals surface area contributed by atoms with Crippen LogP contribution in [0.3, 0.4) is 0 Å². The van der Waals surface area contributed by atoms with Crippen molar-refractivity contribution < 1.29 is 14.2 Å². The SMILES string of the molecule is C=CC[C@@H](CCCCCCCCOCc1ccccc1)OCOC. The first-order chi connectivity index (χ1) is 11.9. The third kappa shape index (κ3) is 11.4. The highest BCUT2D eigenvalue weighted by molar-refractivity contribution is 5.13. The van der Waals surface area contributed by atoms with Gasteiger partial charge in [0.05, 0.1) is 12.7 Å². The largest absolute Gasteiger partial charge is 0.377 e. The molecule has 136 valence electrons. The second-order valence-corrected chi connectivity index (χ2v) is 6.17. The number of hydrogen-bond acceptors (Lipinski definition) is 3. The van der Waals surface area contributed by atoms with Gasteiger partial charge in [0, 0.05) is 13.7 Å². The summed E-state index contributed by atoms with van der Waals surface area (Å²) in [6.45, 7) is 5.76. The number of hydrogen-bond donors (Lipinski definition) is 0. The van der Waals surface area contributed by atoms with Gasteiger partial charge < -0.3 is 14.2 Å². The van der Waals surface area contributed by atoms with Crippen LogP contribution in [0.4, 0.5) is 0 Å². The standard InChI is InChI=1S/C21H34O3/c1-3-13-21(24-19-22-2)16-11-6-4-5-7-12-17-23-18-20-14-9-8-10-15-20/h3,8-10,14-15,21H,1,4-7,11-13,16-19H2,2H3/t21-/m0/s1. The average molecular weight is 335 g/mol. The Morgan fingerprint density at radius 3 is 2.42 bits per heavy atom. The van der Waals surface area contributed by atoms with E-state index in [9.17, 15) is 0 Å². The Bertz CT molecular complexity index is 391. The maximum absolute atomic E-state index is 5.71. The van der Waals surface area contributed by atoms with Crippen LogP contribution in [-0.2, 0) is 20.8 Å². The minimum absolute atomic E-state index is 0.258. The first kappa shape index (κ1) is 20.9. The molecule has 0 radical (unpaired) electrons. The molecule has 0 unspecified atom stereocenters. The lowest BCUT2D eigenvalue weighted by atomic mass is 10.1. The number of ether oxygens (including phenoxy) is 3. The second kappa shape index (κ2) is 15.4. The maximum atomic E-state index is 5.71. The van der Waals surface area contributed by atoms with Crippen LogP contribution in [0.1, 0.15) is 56.9 Å². The minimum Gasteiger partial charge on any atom is -0.377 e. The topological polar surface area (TPSA) is 27.7 Å². The molecule has 3 nitrogen and oxygen atoms in total. The molecule has 3 heteroatoms. The zero-order valence-corrected chi connectivity index (χ0v) is 15.3. The van der Waals surface area contributed by atoms with Crippen LogP contribution in [0.15, 0.2) is 43.0 Å². The molecule has 0 aliphatic rings. The summed E-state index contributed by atoms with van der Waals surface area (Å²) in [5, 5.41) is 0. The predicted molar refractivity (Wildman–Crippen MR) is 100.0 cm³/mol. The Morgan fingerprint density at radius 2 is 1.71 bits per heavy atom. The molecule has 1 rings (SSSR count). The van der Waals surface area contributed by atoms with Crippen LogP contribution >= 0.6 is 0 Å². The molecule has 0 aliphatic heterocycles. The number of methoxy groups -OCH3 is 1. The Hall–Kier alpha value is -1.16. The molecular weight excluding hydrogens is 300 g/mol. The smallest absolute Gasteiger partial charge is 0.146 e. The summed E-state index contributed by atoms with van der Waals surface area (Å²) < 4.78 is 16.3. The molecule has 0 fully saturated rings. The lowest BCUT2D eigenvalue weighted by Gasteiger charge is -2.15. The van der Waals surface area contributed by atoms with Gasteiger partial charge in [-0.15, -0.1) is 6.58 Å². The van der Waals surface area contributed by atoms with Crippen LogP contribution in [-0.4, -0.2) is 26.6 Å². The summed E-state index contributed by atoms with van der Waals surface area (Å²) in [7, 11) is 1.66. The van der Waals surface area contributed by atoms with Gasteiger partial charge in [-0.25, -0.2) is 0 Å². The number of rotatable bonds is 16. The van der Waals surface area contributed by atoms with E-state index in [2.05, 4.69) is 30.8 Å². The normalized spacial score (nSPS) is 12.2. The van der Waals surface area contributed by atoms with E-state index in [1.54, 1.807) is 7.11 Å². The molecule has 1 aromatic rings. The predicted octanol–water partition coefficient (Wildman–Crippen LogP) is 5.50. The summed E-state index contributed by atoms with van der Waals surface area (Å²) in [6.07, 6.45) is 11.7. The quantitative estimate of drug-likeness (QED) is 0.227. The molecule has 0 saturated carbocycles. The summed E-state index contributed by atoms with van der Waals surface area (Å²) in [5.41, 5.74) is 1.25. The fourth-order valence-corrected chi connectivity index (χ4v) is 2.67. The molecule has 0 aromatic heterocycles. The fourth-order valence-electron chi connectivity index (χ4n) is 2.67. The van der Waals surface area contributed by atoms with Gasteiger partial charge in [0.25, 0.3) is 0 Å². The van der Waals surface area contributed by atoms with Crippen molar-refractivity contribution in [3.63, 3.8) is 0 Å². The zero-order valence-electron chi connectivity index (χ0n) is 15.3. The molecule has 1 atom stereocenters. The number of benzene rings is 1. The fraction of sp³-hybridized carbons (Fsp3) is 0.619. The lowest BCUT2D eigenvalue weighted by molar-refractivity contribution is -0.0732. The van der Waals surface area contributed by atoms with E-state index in [4.69, 9.17) is 14.2 Å². The Morgan fingerprint density at radius 1 is 1.00 bits per heavy atom. The highest BCUT2D eigenvalue weighted by atomic mass is 16.7. The molecule has 0 bridgehead atoms. The molecule has 0 N–H and O–H groups in total. The van der Waals surface area contributed by atoms with E-state index >= 15 is 0 Å². The van der Waals surface area contributed by atoms with Gasteiger partial charge in [0.2, 0.25) is 0 Å². The maximum Gasteiger partial charge on any atom is 0.146 e. The summed E-state index contributed by atoms with van der Waals surface area (Å²) >= 11 is 0. The molecule has 0 aliphatic carbocycles. The highest BCUT2D eigenvalue weighted by Crippen LogP contribution is 2.13. The molecule has 24 heavy (non-hydrogen) atoms. The Kier molecular flexibility index (Phi) is 13.4. The van der Waals surface area contributed by atoms with E-state index in [-0.39, 0.29) is 6.10 Å². The minimum atomic E-state index is 0.258. The molecule has 0 heterocycles. The Labute approximate surface area is 148 Å². The molecule has 0 amide bonds. The third-order valence-electron chi connectivity index (χ3n) is 4.03. The van der Waals surface area contributed by atoms with Crippen LogP contribution < -0.4 is 0 Å². The van der Waals surface area contributed by atoms with E-state index < -0.39 is 0 Å². The first-order valence-corrected chi connectivity index (χ1v) is 9.20. The van der Waals surface area contributed by atoms with Gasteiger partial charge in [-0.1, -0.05) is 68.5 Å². The van der Waals surface area contributed by atoms with Crippen molar-refractivity contribution >= 4 is 0 Å². The van der Waals surface area contributed by atoms with Crippen molar-refractivity contribution in [3.05, 3.63) is 48.6 Å². The first-order valence-electron chi connectivity index (χ1n) is 9.20. The van der Waals surface area contributed by atoms with E-state index in [1.807, 2.05) is 12.1 Å². The Balaban J connectivity index is 1.88. The van der Waals surface area contributed by atoms with Crippen molar-refractivity contribution in [2.75, 3.05) is 20.5 Å². The zero-order chi connectivity index (χ0) is 17.3. The van der Waals surface area contributed by atoms with Crippen molar-refractivity contribution in [2.45, 2.75) is 64.1 Å². The van der Waals surface area contributed by atoms with Crippen molar-refractivity contribution in [1.82, 2.24) is 0 Å². The monoisotopic (exact) mass is 334 g/mol.